The van der Waals surface area contributed by atoms with Crippen LogP contribution in [0, 0.1) is 20.8 Å². The number of aromatic nitrogens is 1. The Bertz CT molecular complexity index is 588. The van der Waals surface area contributed by atoms with Gasteiger partial charge in [0, 0.05) is 11.4 Å². The molecule has 1 aromatic heterocycles. The van der Waals surface area contributed by atoms with E-state index in [2.05, 4.69) is 41.6 Å². The molecule has 0 fully saturated rings. The minimum absolute atomic E-state index is 0.551. The molecule has 0 radical (unpaired) electrons. The van der Waals surface area contributed by atoms with Gasteiger partial charge in [-0.2, -0.15) is 0 Å². The zero-order valence-corrected chi connectivity index (χ0v) is 12.1. The lowest BCUT2D eigenvalue weighted by Crippen LogP contribution is -2.21. The summed E-state index contributed by atoms with van der Waals surface area (Å²) < 4.78 is 0. The summed E-state index contributed by atoms with van der Waals surface area (Å²) in [6.07, 6.45) is 0. The predicted octanol–water partition coefficient (Wildman–Crippen LogP) is 3.82. The van der Waals surface area contributed by atoms with Gasteiger partial charge in [0.05, 0.1) is 0 Å². The maximum atomic E-state index is 5.32. The van der Waals surface area contributed by atoms with E-state index in [9.17, 15) is 0 Å². The Balaban J connectivity index is 2.10. The van der Waals surface area contributed by atoms with Crippen LogP contribution in [0.4, 0.5) is 11.5 Å². The molecule has 0 saturated heterocycles. The lowest BCUT2D eigenvalue weighted by molar-refractivity contribution is 1.20. The number of nitrogens with one attached hydrogen (secondary N) is 2. The summed E-state index contributed by atoms with van der Waals surface area (Å²) in [5.41, 5.74) is 4.34. The fourth-order valence-corrected chi connectivity index (χ4v) is 2.09. The highest BCUT2D eigenvalue weighted by molar-refractivity contribution is 7.80. The van der Waals surface area contributed by atoms with Gasteiger partial charge in [0.25, 0.3) is 0 Å². The summed E-state index contributed by atoms with van der Waals surface area (Å²) in [6, 6.07) is 11.9. The predicted molar refractivity (Wildman–Crippen MR) is 84.7 cm³/mol. The van der Waals surface area contributed by atoms with E-state index in [-0.39, 0.29) is 0 Å². The van der Waals surface area contributed by atoms with E-state index in [1.807, 2.05) is 31.2 Å². The zero-order chi connectivity index (χ0) is 13.8. The monoisotopic (exact) mass is 271 g/mol. The first-order valence-electron chi connectivity index (χ1n) is 6.14. The third-order valence-electron chi connectivity index (χ3n) is 2.85. The molecule has 0 saturated carbocycles. The highest BCUT2D eigenvalue weighted by Gasteiger charge is 2.05. The summed E-state index contributed by atoms with van der Waals surface area (Å²) in [5, 5.41) is 6.87. The highest BCUT2D eigenvalue weighted by Crippen LogP contribution is 2.19. The van der Waals surface area contributed by atoms with Crippen LogP contribution in [-0.2, 0) is 0 Å². The quantitative estimate of drug-likeness (QED) is 0.814. The molecule has 2 rings (SSSR count). The minimum atomic E-state index is 0.551. The van der Waals surface area contributed by atoms with Crippen molar-refractivity contribution in [2.24, 2.45) is 0 Å². The van der Waals surface area contributed by atoms with E-state index in [4.69, 9.17) is 12.2 Å². The number of hydrogen-bond donors (Lipinski definition) is 2. The van der Waals surface area contributed by atoms with Crippen LogP contribution in [0.25, 0.3) is 0 Å². The molecular formula is C15H17N3S. The number of anilines is 2. The Labute approximate surface area is 119 Å². The van der Waals surface area contributed by atoms with Crippen LogP contribution in [0.1, 0.15) is 16.8 Å². The van der Waals surface area contributed by atoms with Crippen LogP contribution < -0.4 is 10.6 Å². The molecule has 0 amide bonds. The molecule has 0 bridgehead atoms. The van der Waals surface area contributed by atoms with Crippen LogP contribution in [0.2, 0.25) is 0 Å². The van der Waals surface area contributed by atoms with Crippen molar-refractivity contribution < 1.29 is 0 Å². The van der Waals surface area contributed by atoms with Gasteiger partial charge in [0.2, 0.25) is 0 Å². The smallest absolute Gasteiger partial charge is 0.176 e. The summed E-state index contributed by atoms with van der Waals surface area (Å²) in [5.74, 6) is 0.753. The van der Waals surface area contributed by atoms with Crippen LogP contribution in [-0.4, -0.2) is 10.1 Å². The lowest BCUT2D eigenvalue weighted by atomic mass is 10.1. The van der Waals surface area contributed by atoms with Crippen molar-refractivity contribution in [1.29, 1.82) is 0 Å². The van der Waals surface area contributed by atoms with Gasteiger partial charge in [-0.05, 0) is 56.2 Å². The van der Waals surface area contributed by atoms with Gasteiger partial charge in [0.1, 0.15) is 5.82 Å². The van der Waals surface area contributed by atoms with Gasteiger partial charge >= 0.3 is 0 Å². The van der Waals surface area contributed by atoms with Gasteiger partial charge < -0.3 is 10.6 Å². The maximum Gasteiger partial charge on any atom is 0.176 e. The average Bonchev–Trinajstić information content (AvgIpc) is 2.34. The lowest BCUT2D eigenvalue weighted by Gasteiger charge is -2.14. The molecule has 1 heterocycles. The summed E-state index contributed by atoms with van der Waals surface area (Å²) in [6.45, 7) is 6.07. The van der Waals surface area contributed by atoms with Crippen LogP contribution in [0.5, 0.6) is 0 Å². The second-order valence-corrected chi connectivity index (χ2v) is 4.92. The third kappa shape index (κ3) is 3.51. The SMILES string of the molecule is Cc1cccc(NC(=S)Nc2c(C)cccc2C)n1. The van der Waals surface area contributed by atoms with Crippen molar-refractivity contribution >= 4 is 28.8 Å². The van der Waals surface area contributed by atoms with Gasteiger partial charge in [-0.3, -0.25) is 0 Å². The second kappa shape index (κ2) is 5.80. The standard InChI is InChI=1S/C15H17N3S/c1-10-6-4-7-11(2)14(10)18-15(19)17-13-9-5-8-12(3)16-13/h4-9H,1-3H3,(H2,16,17,18,19). The average molecular weight is 271 g/mol. The number of benzene rings is 1. The van der Waals surface area contributed by atoms with E-state index in [0.29, 0.717) is 5.11 Å². The van der Waals surface area contributed by atoms with Gasteiger partial charge in [0.15, 0.2) is 5.11 Å². The van der Waals surface area contributed by atoms with Crippen LogP contribution in [0.15, 0.2) is 36.4 Å². The van der Waals surface area contributed by atoms with Gasteiger partial charge in [-0.1, -0.05) is 24.3 Å². The molecule has 0 aliphatic heterocycles. The Kier molecular flexibility index (Phi) is 4.12. The maximum absolute atomic E-state index is 5.32. The number of para-hydroxylation sites is 1. The number of thiocarbonyl (C=S) groups is 1. The minimum Gasteiger partial charge on any atom is -0.332 e. The molecule has 0 unspecified atom stereocenters. The van der Waals surface area contributed by atoms with Crippen molar-refractivity contribution in [3.8, 4) is 0 Å². The molecule has 0 aliphatic carbocycles. The molecule has 98 valence electrons. The highest BCUT2D eigenvalue weighted by atomic mass is 32.1. The van der Waals surface area contributed by atoms with E-state index < -0.39 is 0 Å². The number of rotatable bonds is 2. The molecule has 2 aromatic rings. The summed E-state index contributed by atoms with van der Waals surface area (Å²) in [4.78, 5) is 4.36. The molecule has 0 spiro atoms. The molecule has 0 atom stereocenters. The van der Waals surface area contributed by atoms with Crippen LogP contribution >= 0.6 is 12.2 Å². The normalized spacial score (nSPS) is 10.1. The van der Waals surface area contributed by atoms with Crippen molar-refractivity contribution in [2.45, 2.75) is 20.8 Å². The molecule has 2 N–H and O–H groups in total. The van der Waals surface area contributed by atoms with Gasteiger partial charge in [-0.15, -0.1) is 0 Å². The van der Waals surface area contributed by atoms with Crippen LogP contribution in [0.3, 0.4) is 0 Å². The van der Waals surface area contributed by atoms with Crippen molar-refractivity contribution in [1.82, 2.24) is 4.98 Å². The molecule has 4 heteroatoms. The number of hydrogen-bond acceptors (Lipinski definition) is 2. The third-order valence-corrected chi connectivity index (χ3v) is 3.05. The topological polar surface area (TPSA) is 37.0 Å². The number of nitrogens with zero attached hydrogens (tertiary/aromatic N) is 1. The molecule has 0 aliphatic rings. The number of pyridine rings is 1. The van der Waals surface area contributed by atoms with E-state index in [1.54, 1.807) is 0 Å². The fraction of sp³-hybridized carbons (Fsp3) is 0.200. The zero-order valence-electron chi connectivity index (χ0n) is 11.3. The Morgan fingerprint density at radius 1 is 0.947 bits per heavy atom. The summed E-state index contributed by atoms with van der Waals surface area (Å²) in [7, 11) is 0. The largest absolute Gasteiger partial charge is 0.332 e. The van der Waals surface area contributed by atoms with Crippen molar-refractivity contribution in [2.75, 3.05) is 10.6 Å². The first kappa shape index (κ1) is 13.5. The van der Waals surface area contributed by atoms with E-state index in [0.717, 1.165) is 17.2 Å². The first-order chi connectivity index (χ1) is 9.06. The van der Waals surface area contributed by atoms with E-state index >= 15 is 0 Å². The Morgan fingerprint density at radius 3 is 2.21 bits per heavy atom. The molecular weight excluding hydrogens is 254 g/mol. The fourth-order valence-electron chi connectivity index (χ4n) is 1.89. The Hall–Kier alpha value is -1.94. The van der Waals surface area contributed by atoms with E-state index in [1.165, 1.54) is 11.1 Å². The van der Waals surface area contributed by atoms with Gasteiger partial charge in [-0.25, -0.2) is 4.98 Å². The Morgan fingerprint density at radius 2 is 1.58 bits per heavy atom. The number of aryl methyl sites for hydroxylation is 3. The van der Waals surface area contributed by atoms with Crippen molar-refractivity contribution in [3.05, 3.63) is 53.2 Å². The first-order valence-corrected chi connectivity index (χ1v) is 6.55. The molecule has 19 heavy (non-hydrogen) atoms. The second-order valence-electron chi connectivity index (χ2n) is 4.51. The van der Waals surface area contributed by atoms with Crippen molar-refractivity contribution in [3.63, 3.8) is 0 Å². The summed E-state index contributed by atoms with van der Waals surface area (Å²) >= 11 is 5.32. The molecule has 1 aromatic carbocycles. The molecule has 3 nitrogen and oxygen atoms in total.